The van der Waals surface area contributed by atoms with Gasteiger partial charge in [0.05, 0.1) is 24.2 Å². The first-order chi connectivity index (χ1) is 14.5. The number of rotatable bonds is 3. The van der Waals surface area contributed by atoms with E-state index in [2.05, 4.69) is 31.4 Å². The van der Waals surface area contributed by atoms with E-state index in [1.807, 2.05) is 24.2 Å². The number of aryl methyl sites for hydroxylation is 2. The zero-order valence-electron chi connectivity index (χ0n) is 16.6. The summed E-state index contributed by atoms with van der Waals surface area (Å²) in [7, 11) is 1.71. The first-order valence-corrected chi connectivity index (χ1v) is 9.71. The second kappa shape index (κ2) is 6.84. The standard InChI is InChI=1S/C19H20N10O/c1-12-7-16-22-11-23-28(16)10-14(12)24-18-21-9-15-17(25-18)29(19(30)26(15)2)27-5-3-13(8-20)4-6-27/h7,9-11,13H,3-6H2,1-2H3,(H,21,24,25). The maximum absolute atomic E-state index is 12.9. The minimum Gasteiger partial charge on any atom is -0.323 e. The molecule has 1 saturated heterocycles. The highest BCUT2D eigenvalue weighted by Gasteiger charge is 2.24. The molecule has 1 aliphatic rings. The molecule has 30 heavy (non-hydrogen) atoms. The lowest BCUT2D eigenvalue weighted by Gasteiger charge is -2.30. The van der Waals surface area contributed by atoms with Crippen molar-refractivity contribution in [2.45, 2.75) is 19.8 Å². The lowest BCUT2D eigenvalue weighted by Crippen LogP contribution is -2.46. The SMILES string of the molecule is Cc1cc2ncnn2cc1Nc1ncc2c(n1)n(N1CCC(C#N)CC1)c(=O)n2C. The minimum absolute atomic E-state index is 0.0356. The van der Waals surface area contributed by atoms with Crippen molar-refractivity contribution in [3.8, 4) is 6.07 Å². The third-order valence-corrected chi connectivity index (χ3v) is 5.59. The van der Waals surface area contributed by atoms with Gasteiger partial charge in [-0.25, -0.2) is 19.3 Å². The lowest BCUT2D eigenvalue weighted by molar-refractivity contribution is 0.418. The number of nitrogens with one attached hydrogen (secondary N) is 1. The van der Waals surface area contributed by atoms with Gasteiger partial charge in [0.1, 0.15) is 11.8 Å². The molecular weight excluding hydrogens is 384 g/mol. The van der Waals surface area contributed by atoms with E-state index in [0.29, 0.717) is 30.2 Å². The smallest absolute Gasteiger partial charge is 0.323 e. The molecule has 152 valence electrons. The zero-order chi connectivity index (χ0) is 20.8. The van der Waals surface area contributed by atoms with Crippen molar-refractivity contribution in [3.05, 3.63) is 40.8 Å². The van der Waals surface area contributed by atoms with E-state index < -0.39 is 0 Å². The van der Waals surface area contributed by atoms with Gasteiger partial charge in [-0.2, -0.15) is 20.0 Å². The molecule has 0 aliphatic carbocycles. The Morgan fingerprint density at radius 1 is 1.27 bits per heavy atom. The summed E-state index contributed by atoms with van der Waals surface area (Å²) in [6, 6.07) is 4.24. The topological polar surface area (TPSA) is 122 Å². The van der Waals surface area contributed by atoms with Crippen LogP contribution in [0.3, 0.4) is 0 Å². The number of fused-ring (bicyclic) bond motifs is 2. The van der Waals surface area contributed by atoms with E-state index in [1.54, 1.807) is 27.0 Å². The van der Waals surface area contributed by atoms with E-state index in [4.69, 9.17) is 5.26 Å². The van der Waals surface area contributed by atoms with Gasteiger partial charge in [0.15, 0.2) is 11.3 Å². The number of hydrogen-bond donors (Lipinski definition) is 1. The van der Waals surface area contributed by atoms with Crippen LogP contribution >= 0.6 is 0 Å². The fourth-order valence-corrected chi connectivity index (χ4v) is 3.81. The number of piperidine rings is 1. The number of imidazole rings is 1. The van der Waals surface area contributed by atoms with E-state index in [-0.39, 0.29) is 11.6 Å². The number of anilines is 2. The highest BCUT2D eigenvalue weighted by molar-refractivity contribution is 5.73. The van der Waals surface area contributed by atoms with Crippen LogP contribution in [0.15, 0.2) is 29.6 Å². The average molecular weight is 404 g/mol. The lowest BCUT2D eigenvalue weighted by atomic mass is 10.00. The van der Waals surface area contributed by atoms with Gasteiger partial charge < -0.3 is 10.3 Å². The third-order valence-electron chi connectivity index (χ3n) is 5.59. The number of nitrogens with zero attached hydrogens (tertiary/aromatic N) is 9. The molecule has 4 aromatic rings. The van der Waals surface area contributed by atoms with Gasteiger partial charge in [0.2, 0.25) is 5.95 Å². The first-order valence-electron chi connectivity index (χ1n) is 9.71. The van der Waals surface area contributed by atoms with Gasteiger partial charge in [0, 0.05) is 26.1 Å². The summed E-state index contributed by atoms with van der Waals surface area (Å²) in [5, 5.41) is 18.5. The molecule has 0 saturated carbocycles. The second-order valence-electron chi connectivity index (χ2n) is 7.47. The summed E-state index contributed by atoms with van der Waals surface area (Å²) in [6.45, 7) is 3.23. The predicted octanol–water partition coefficient (Wildman–Crippen LogP) is 1.10. The number of aromatic nitrogens is 7. The van der Waals surface area contributed by atoms with Crippen molar-refractivity contribution in [2.24, 2.45) is 13.0 Å². The quantitative estimate of drug-likeness (QED) is 0.539. The molecule has 0 amide bonds. The van der Waals surface area contributed by atoms with Crippen molar-refractivity contribution in [1.29, 1.82) is 5.26 Å². The van der Waals surface area contributed by atoms with Crippen molar-refractivity contribution in [2.75, 3.05) is 23.4 Å². The van der Waals surface area contributed by atoms with Crippen molar-refractivity contribution >= 4 is 28.4 Å². The largest absolute Gasteiger partial charge is 0.349 e. The van der Waals surface area contributed by atoms with Gasteiger partial charge in [-0.3, -0.25) is 4.57 Å². The van der Waals surface area contributed by atoms with Crippen molar-refractivity contribution in [1.82, 2.24) is 33.8 Å². The highest BCUT2D eigenvalue weighted by Crippen LogP contribution is 2.21. The Balaban J connectivity index is 1.54. The Labute approximate surface area is 171 Å². The van der Waals surface area contributed by atoms with Crippen LogP contribution in [-0.4, -0.2) is 46.9 Å². The van der Waals surface area contributed by atoms with Gasteiger partial charge in [-0.1, -0.05) is 0 Å². The number of hydrogen-bond acceptors (Lipinski definition) is 8. The van der Waals surface area contributed by atoms with E-state index in [9.17, 15) is 4.79 Å². The van der Waals surface area contributed by atoms with Crippen LogP contribution in [0.1, 0.15) is 18.4 Å². The van der Waals surface area contributed by atoms with Gasteiger partial charge in [-0.15, -0.1) is 0 Å². The molecule has 5 heterocycles. The molecule has 1 aliphatic heterocycles. The minimum atomic E-state index is -0.174. The molecule has 0 aromatic carbocycles. The molecular formula is C19H20N10O. The molecule has 5 rings (SSSR count). The molecule has 0 spiro atoms. The van der Waals surface area contributed by atoms with Crippen LogP contribution in [0.5, 0.6) is 0 Å². The maximum atomic E-state index is 12.9. The molecule has 1 fully saturated rings. The molecule has 11 heteroatoms. The Morgan fingerprint density at radius 3 is 2.83 bits per heavy atom. The van der Waals surface area contributed by atoms with Crippen LogP contribution in [0.2, 0.25) is 0 Å². The monoisotopic (exact) mass is 404 g/mol. The van der Waals surface area contributed by atoms with Gasteiger partial charge >= 0.3 is 5.69 Å². The predicted molar refractivity (Wildman–Crippen MR) is 110 cm³/mol. The summed E-state index contributed by atoms with van der Waals surface area (Å²) in [6.07, 6.45) is 6.43. The Morgan fingerprint density at radius 2 is 2.07 bits per heavy atom. The van der Waals surface area contributed by atoms with Gasteiger partial charge in [0.25, 0.3) is 0 Å². The zero-order valence-corrected chi connectivity index (χ0v) is 16.6. The molecule has 11 nitrogen and oxygen atoms in total. The summed E-state index contributed by atoms with van der Waals surface area (Å²) < 4.78 is 4.82. The molecule has 0 bridgehead atoms. The van der Waals surface area contributed by atoms with Crippen molar-refractivity contribution in [3.63, 3.8) is 0 Å². The third kappa shape index (κ3) is 2.85. The Hall–Kier alpha value is -3.94. The molecule has 0 radical (unpaired) electrons. The van der Waals surface area contributed by atoms with Crippen LogP contribution in [-0.2, 0) is 7.05 Å². The maximum Gasteiger partial charge on any atom is 0.349 e. The van der Waals surface area contributed by atoms with E-state index in [0.717, 1.165) is 29.7 Å². The summed E-state index contributed by atoms with van der Waals surface area (Å²) in [4.78, 5) is 26.1. The average Bonchev–Trinajstić information content (AvgIpc) is 3.30. The number of pyridine rings is 1. The molecule has 0 atom stereocenters. The van der Waals surface area contributed by atoms with Crippen LogP contribution in [0.25, 0.3) is 16.8 Å². The fourth-order valence-electron chi connectivity index (χ4n) is 3.81. The van der Waals surface area contributed by atoms with E-state index in [1.165, 1.54) is 6.33 Å². The van der Waals surface area contributed by atoms with Crippen LogP contribution in [0.4, 0.5) is 11.6 Å². The summed E-state index contributed by atoms with van der Waals surface area (Å²) >= 11 is 0. The number of nitriles is 1. The Bertz CT molecular complexity index is 1350. The van der Waals surface area contributed by atoms with Crippen molar-refractivity contribution < 1.29 is 0 Å². The van der Waals surface area contributed by atoms with Crippen LogP contribution in [0, 0.1) is 24.2 Å². The highest BCUT2D eigenvalue weighted by atomic mass is 16.2. The second-order valence-corrected chi connectivity index (χ2v) is 7.47. The van der Waals surface area contributed by atoms with Gasteiger partial charge in [-0.05, 0) is 31.4 Å². The molecule has 1 N–H and O–H groups in total. The summed E-state index contributed by atoms with van der Waals surface area (Å²) in [5.74, 6) is 0.421. The van der Waals surface area contributed by atoms with E-state index >= 15 is 0 Å². The normalized spacial score (nSPS) is 15.0. The Kier molecular flexibility index (Phi) is 4.13. The van der Waals surface area contributed by atoms with Crippen LogP contribution < -0.4 is 16.0 Å². The summed E-state index contributed by atoms with van der Waals surface area (Å²) in [5.41, 5.74) is 3.54. The fraction of sp³-hybridized carbons (Fsp3) is 0.368. The first kappa shape index (κ1) is 18.1. The molecule has 4 aromatic heterocycles. The molecule has 0 unspecified atom stereocenters.